The van der Waals surface area contributed by atoms with Gasteiger partial charge in [-0.3, -0.25) is 4.79 Å². The first kappa shape index (κ1) is 9.54. The summed E-state index contributed by atoms with van der Waals surface area (Å²) in [5.41, 5.74) is 12.5. The van der Waals surface area contributed by atoms with Gasteiger partial charge in [-0.05, 0) is 11.6 Å². The molecule has 0 aromatic heterocycles. The fraction of sp³-hybridized carbons (Fsp3) is 0.222. The average molecular weight is 180 g/mol. The molecule has 4 heteroatoms. The van der Waals surface area contributed by atoms with E-state index in [4.69, 9.17) is 16.6 Å². The molecule has 0 saturated heterocycles. The standard InChI is InChI=1S/C9H12N2O2/c10-7-4-2-1-3-6(7)8(11)5-9(12)13/h1-4,8H,5,10-11H2,(H,12,13). The Morgan fingerprint density at radius 3 is 2.62 bits per heavy atom. The maximum atomic E-state index is 10.4. The third kappa shape index (κ3) is 2.45. The summed E-state index contributed by atoms with van der Waals surface area (Å²) in [7, 11) is 0. The van der Waals surface area contributed by atoms with Crippen LogP contribution in [-0.4, -0.2) is 11.1 Å². The molecule has 0 aliphatic heterocycles. The highest BCUT2D eigenvalue weighted by atomic mass is 16.4. The Balaban J connectivity index is 2.82. The SMILES string of the molecule is Nc1ccccc1C(N)CC(=O)O. The summed E-state index contributed by atoms with van der Waals surface area (Å²) >= 11 is 0. The molecule has 1 aromatic carbocycles. The topological polar surface area (TPSA) is 89.3 Å². The Hall–Kier alpha value is -1.55. The lowest BCUT2D eigenvalue weighted by Gasteiger charge is -2.11. The Morgan fingerprint density at radius 1 is 1.46 bits per heavy atom. The van der Waals surface area contributed by atoms with E-state index in [-0.39, 0.29) is 6.42 Å². The van der Waals surface area contributed by atoms with E-state index in [1.165, 1.54) is 0 Å². The van der Waals surface area contributed by atoms with Crippen LogP contribution in [0.4, 0.5) is 5.69 Å². The van der Waals surface area contributed by atoms with Crippen molar-refractivity contribution in [3.63, 3.8) is 0 Å². The zero-order valence-corrected chi connectivity index (χ0v) is 7.10. The molecule has 1 rings (SSSR count). The largest absolute Gasteiger partial charge is 0.481 e. The van der Waals surface area contributed by atoms with Crippen molar-refractivity contribution >= 4 is 11.7 Å². The number of carboxylic acids is 1. The molecule has 0 saturated carbocycles. The van der Waals surface area contributed by atoms with Crippen molar-refractivity contribution < 1.29 is 9.90 Å². The van der Waals surface area contributed by atoms with Gasteiger partial charge in [0, 0.05) is 11.7 Å². The molecular weight excluding hydrogens is 168 g/mol. The molecule has 0 heterocycles. The highest BCUT2D eigenvalue weighted by molar-refractivity contribution is 5.68. The van der Waals surface area contributed by atoms with Crippen LogP contribution in [0.1, 0.15) is 18.0 Å². The van der Waals surface area contributed by atoms with Gasteiger partial charge in [-0.25, -0.2) is 0 Å². The maximum Gasteiger partial charge on any atom is 0.305 e. The van der Waals surface area contributed by atoms with Crippen LogP contribution in [0.25, 0.3) is 0 Å². The van der Waals surface area contributed by atoms with E-state index in [1.54, 1.807) is 24.3 Å². The summed E-state index contributed by atoms with van der Waals surface area (Å²) in [5.74, 6) is -0.921. The lowest BCUT2D eigenvalue weighted by Crippen LogP contribution is -2.16. The van der Waals surface area contributed by atoms with Gasteiger partial charge in [0.2, 0.25) is 0 Å². The van der Waals surface area contributed by atoms with Gasteiger partial charge in [0.05, 0.1) is 6.42 Å². The molecule has 70 valence electrons. The van der Waals surface area contributed by atoms with Crippen molar-refractivity contribution in [1.29, 1.82) is 0 Å². The summed E-state index contributed by atoms with van der Waals surface area (Å²) < 4.78 is 0. The Morgan fingerprint density at radius 2 is 2.08 bits per heavy atom. The molecular formula is C9H12N2O2. The summed E-state index contributed by atoms with van der Waals surface area (Å²) in [6, 6.07) is 6.48. The lowest BCUT2D eigenvalue weighted by molar-refractivity contribution is -0.137. The second kappa shape index (κ2) is 3.91. The highest BCUT2D eigenvalue weighted by Crippen LogP contribution is 2.20. The number of nitrogens with two attached hydrogens (primary N) is 2. The van der Waals surface area contributed by atoms with Crippen molar-refractivity contribution in [3.8, 4) is 0 Å². The molecule has 4 nitrogen and oxygen atoms in total. The van der Waals surface area contributed by atoms with Crippen LogP contribution in [0, 0.1) is 0 Å². The number of hydrogen-bond donors (Lipinski definition) is 3. The summed E-state index contributed by atoms with van der Waals surface area (Å²) in [5, 5.41) is 8.52. The van der Waals surface area contributed by atoms with Gasteiger partial charge >= 0.3 is 5.97 Å². The number of carboxylic acid groups (broad SMARTS) is 1. The fourth-order valence-electron chi connectivity index (χ4n) is 1.15. The van der Waals surface area contributed by atoms with Crippen LogP contribution in [0.3, 0.4) is 0 Å². The molecule has 0 radical (unpaired) electrons. The number of anilines is 1. The zero-order valence-electron chi connectivity index (χ0n) is 7.10. The predicted molar refractivity (Wildman–Crippen MR) is 50.0 cm³/mol. The first-order chi connectivity index (χ1) is 6.11. The van der Waals surface area contributed by atoms with E-state index in [2.05, 4.69) is 0 Å². The Kier molecular flexibility index (Phi) is 2.87. The molecule has 5 N–H and O–H groups in total. The van der Waals surface area contributed by atoms with Crippen molar-refractivity contribution in [2.75, 3.05) is 5.73 Å². The van der Waals surface area contributed by atoms with Gasteiger partial charge in [0.15, 0.2) is 0 Å². The van der Waals surface area contributed by atoms with Crippen LogP contribution >= 0.6 is 0 Å². The molecule has 1 aromatic rings. The third-order valence-corrected chi connectivity index (χ3v) is 1.79. The van der Waals surface area contributed by atoms with E-state index in [0.717, 1.165) is 0 Å². The van der Waals surface area contributed by atoms with Crippen LogP contribution in [0.15, 0.2) is 24.3 Å². The van der Waals surface area contributed by atoms with E-state index in [0.29, 0.717) is 11.3 Å². The number of nitrogen functional groups attached to an aromatic ring is 1. The first-order valence-corrected chi connectivity index (χ1v) is 3.93. The van der Waals surface area contributed by atoms with Crippen molar-refractivity contribution in [2.45, 2.75) is 12.5 Å². The Bertz CT molecular complexity index is 312. The van der Waals surface area contributed by atoms with Crippen LogP contribution < -0.4 is 11.5 Å². The minimum atomic E-state index is -0.921. The normalized spacial score (nSPS) is 12.4. The summed E-state index contributed by atoms with van der Waals surface area (Å²) in [6.45, 7) is 0. The number of rotatable bonds is 3. The summed E-state index contributed by atoms with van der Waals surface area (Å²) in [6.07, 6.45) is -0.103. The van der Waals surface area contributed by atoms with E-state index >= 15 is 0 Å². The lowest BCUT2D eigenvalue weighted by atomic mass is 10.0. The van der Waals surface area contributed by atoms with Crippen LogP contribution in [-0.2, 0) is 4.79 Å². The molecule has 13 heavy (non-hydrogen) atoms. The number of hydrogen-bond acceptors (Lipinski definition) is 3. The number of para-hydroxylation sites is 1. The average Bonchev–Trinajstić information content (AvgIpc) is 2.03. The first-order valence-electron chi connectivity index (χ1n) is 3.93. The molecule has 0 spiro atoms. The van der Waals surface area contributed by atoms with Crippen LogP contribution in [0.2, 0.25) is 0 Å². The fourth-order valence-corrected chi connectivity index (χ4v) is 1.15. The van der Waals surface area contributed by atoms with Crippen molar-refractivity contribution in [1.82, 2.24) is 0 Å². The highest BCUT2D eigenvalue weighted by Gasteiger charge is 2.12. The van der Waals surface area contributed by atoms with Crippen molar-refractivity contribution in [3.05, 3.63) is 29.8 Å². The van der Waals surface area contributed by atoms with Gasteiger partial charge in [0.1, 0.15) is 0 Å². The Labute approximate surface area is 76.2 Å². The predicted octanol–water partition coefficient (Wildman–Crippen LogP) is 0.743. The number of carbonyl (C=O) groups is 1. The third-order valence-electron chi connectivity index (χ3n) is 1.79. The van der Waals surface area contributed by atoms with Gasteiger partial charge in [-0.2, -0.15) is 0 Å². The van der Waals surface area contributed by atoms with Gasteiger partial charge in [-0.1, -0.05) is 18.2 Å². The van der Waals surface area contributed by atoms with E-state index in [9.17, 15) is 4.79 Å². The molecule has 0 aliphatic rings. The molecule has 0 fully saturated rings. The van der Waals surface area contributed by atoms with E-state index < -0.39 is 12.0 Å². The van der Waals surface area contributed by atoms with Crippen molar-refractivity contribution in [2.24, 2.45) is 5.73 Å². The molecule has 0 amide bonds. The van der Waals surface area contributed by atoms with Gasteiger partial charge in [0.25, 0.3) is 0 Å². The second-order valence-electron chi connectivity index (χ2n) is 2.83. The maximum absolute atomic E-state index is 10.4. The zero-order chi connectivity index (χ0) is 9.84. The second-order valence-corrected chi connectivity index (χ2v) is 2.83. The molecule has 0 aliphatic carbocycles. The minimum Gasteiger partial charge on any atom is -0.481 e. The number of benzene rings is 1. The molecule has 1 atom stereocenters. The summed E-state index contributed by atoms with van der Waals surface area (Å²) in [4.78, 5) is 10.4. The quantitative estimate of drug-likeness (QED) is 0.598. The van der Waals surface area contributed by atoms with Gasteiger partial charge < -0.3 is 16.6 Å². The molecule has 0 bridgehead atoms. The van der Waals surface area contributed by atoms with Gasteiger partial charge in [-0.15, -0.1) is 0 Å². The smallest absolute Gasteiger partial charge is 0.305 e. The molecule has 1 unspecified atom stereocenters. The van der Waals surface area contributed by atoms with Crippen LogP contribution in [0.5, 0.6) is 0 Å². The number of aliphatic carboxylic acids is 1. The van der Waals surface area contributed by atoms with E-state index in [1.807, 2.05) is 0 Å². The minimum absolute atomic E-state index is 0.103. The monoisotopic (exact) mass is 180 g/mol.